The number of amides is 1. The third-order valence-corrected chi connectivity index (χ3v) is 5.40. The van der Waals surface area contributed by atoms with E-state index in [1.54, 1.807) is 29.2 Å². The molecule has 3 aromatic carbocycles. The summed E-state index contributed by atoms with van der Waals surface area (Å²) in [5.74, 6) is -0.187. The zero-order chi connectivity index (χ0) is 21.3. The van der Waals surface area contributed by atoms with Crippen molar-refractivity contribution in [1.29, 1.82) is 0 Å². The minimum atomic E-state index is -0.201. The second-order valence-corrected chi connectivity index (χ2v) is 7.84. The van der Waals surface area contributed by atoms with Gasteiger partial charge in [0.15, 0.2) is 0 Å². The van der Waals surface area contributed by atoms with E-state index < -0.39 is 0 Å². The van der Waals surface area contributed by atoms with E-state index in [0.717, 1.165) is 27.7 Å². The highest BCUT2D eigenvalue weighted by atomic mass is 35.5. The van der Waals surface area contributed by atoms with Crippen LogP contribution in [0.2, 0.25) is 5.02 Å². The molecule has 0 bridgehead atoms. The summed E-state index contributed by atoms with van der Waals surface area (Å²) < 4.78 is 0. The van der Waals surface area contributed by atoms with Crippen LogP contribution in [0.25, 0.3) is 10.9 Å². The highest BCUT2D eigenvalue weighted by molar-refractivity contribution is 6.30. The fourth-order valence-electron chi connectivity index (χ4n) is 3.51. The summed E-state index contributed by atoms with van der Waals surface area (Å²) in [6.07, 6.45) is 0. The van der Waals surface area contributed by atoms with Crippen LogP contribution < -0.4 is 10.5 Å². The zero-order valence-corrected chi connectivity index (χ0v) is 17.5. The number of anilines is 1. The van der Waals surface area contributed by atoms with Crippen molar-refractivity contribution in [3.63, 3.8) is 0 Å². The lowest BCUT2D eigenvalue weighted by Gasteiger charge is -2.25. The molecule has 0 radical (unpaired) electrons. The van der Waals surface area contributed by atoms with Gasteiger partial charge in [-0.05, 0) is 72.8 Å². The van der Waals surface area contributed by atoms with Crippen molar-refractivity contribution < 1.29 is 4.79 Å². The molecule has 0 aliphatic carbocycles. The van der Waals surface area contributed by atoms with Crippen molar-refractivity contribution in [3.05, 3.63) is 110 Å². The molecule has 4 aromatic rings. The Bertz CT molecular complexity index is 1290. The average Bonchev–Trinajstić information content (AvgIpc) is 2.74. The van der Waals surface area contributed by atoms with E-state index in [1.807, 2.05) is 62.4 Å². The summed E-state index contributed by atoms with van der Waals surface area (Å²) in [7, 11) is 0. The molecule has 4 nitrogen and oxygen atoms in total. The molecule has 0 aliphatic rings. The molecule has 4 rings (SSSR count). The Balaban J connectivity index is 1.82. The Hall–Kier alpha value is -3.37. The van der Waals surface area contributed by atoms with E-state index in [1.165, 1.54) is 0 Å². The normalized spacial score (nSPS) is 10.9. The summed E-state index contributed by atoms with van der Waals surface area (Å²) >= 11 is 5.99. The summed E-state index contributed by atoms with van der Waals surface area (Å²) in [5.41, 5.74) is 4.38. The number of rotatable bonds is 4. The Morgan fingerprint density at radius 1 is 0.967 bits per heavy atom. The van der Waals surface area contributed by atoms with Crippen LogP contribution in [0.3, 0.4) is 0 Å². The van der Waals surface area contributed by atoms with Crippen LogP contribution in [0.4, 0.5) is 5.69 Å². The number of hydrogen-bond acceptors (Lipinski definition) is 2. The number of aromatic nitrogens is 1. The molecule has 0 spiro atoms. The number of aryl methyl sites for hydroxylation is 2. The number of nitrogens with zero attached hydrogens (tertiary/aromatic N) is 1. The first-order chi connectivity index (χ1) is 14.4. The van der Waals surface area contributed by atoms with Crippen LogP contribution in [0.15, 0.2) is 77.6 Å². The van der Waals surface area contributed by atoms with Gasteiger partial charge in [0.25, 0.3) is 11.5 Å². The van der Waals surface area contributed by atoms with Gasteiger partial charge in [0.05, 0.1) is 6.54 Å². The molecule has 5 heteroatoms. The minimum Gasteiger partial charge on any atom is -0.322 e. The van der Waals surface area contributed by atoms with Crippen LogP contribution in [-0.2, 0) is 6.54 Å². The predicted octanol–water partition coefficient (Wildman–Crippen LogP) is 5.65. The number of hydrogen-bond donors (Lipinski definition) is 1. The molecule has 1 amide bonds. The van der Waals surface area contributed by atoms with Crippen LogP contribution in [-0.4, -0.2) is 10.9 Å². The van der Waals surface area contributed by atoms with Gasteiger partial charge in [0.1, 0.15) is 0 Å². The first-order valence-electron chi connectivity index (χ1n) is 9.68. The van der Waals surface area contributed by atoms with Gasteiger partial charge >= 0.3 is 0 Å². The van der Waals surface area contributed by atoms with Crippen LogP contribution in [0, 0.1) is 13.8 Å². The number of H-pyrrole nitrogens is 1. The standard InChI is InChI=1S/C25H21ClN2O2/c1-16-7-8-17(2)23(13-16)28(25(30)18-9-11-21(26)12-10-18)15-20-14-19-5-3-4-6-22(19)27-24(20)29/h3-14H,15H2,1-2H3,(H,27,29). The third-order valence-electron chi connectivity index (χ3n) is 5.15. The van der Waals surface area contributed by atoms with E-state index in [4.69, 9.17) is 11.6 Å². The number of pyridine rings is 1. The number of fused-ring (bicyclic) bond motifs is 1. The van der Waals surface area contributed by atoms with Crippen molar-refractivity contribution in [2.24, 2.45) is 0 Å². The third kappa shape index (κ3) is 4.00. The smallest absolute Gasteiger partial charge is 0.258 e. The lowest BCUT2D eigenvalue weighted by molar-refractivity contribution is 0.0985. The van der Waals surface area contributed by atoms with Crippen molar-refractivity contribution in [2.45, 2.75) is 20.4 Å². The Labute approximate surface area is 179 Å². The van der Waals surface area contributed by atoms with Gasteiger partial charge in [-0.1, -0.05) is 41.9 Å². The molecule has 0 aliphatic heterocycles. The molecule has 1 heterocycles. The van der Waals surface area contributed by atoms with Crippen LogP contribution in [0.1, 0.15) is 27.0 Å². The number of nitrogens with one attached hydrogen (secondary N) is 1. The van der Waals surface area contributed by atoms with Gasteiger partial charge in [0, 0.05) is 27.4 Å². The van der Waals surface area contributed by atoms with Gasteiger partial charge < -0.3 is 9.88 Å². The highest BCUT2D eigenvalue weighted by Gasteiger charge is 2.21. The first kappa shape index (κ1) is 19.9. The van der Waals surface area contributed by atoms with Crippen molar-refractivity contribution in [2.75, 3.05) is 4.90 Å². The molecule has 0 atom stereocenters. The zero-order valence-electron chi connectivity index (χ0n) is 16.8. The fraction of sp³-hybridized carbons (Fsp3) is 0.120. The summed E-state index contributed by atoms with van der Waals surface area (Å²) in [6, 6.07) is 22.2. The molecule has 0 fully saturated rings. The Morgan fingerprint density at radius 2 is 1.70 bits per heavy atom. The van der Waals surface area contributed by atoms with Crippen molar-refractivity contribution in [1.82, 2.24) is 4.98 Å². The van der Waals surface area contributed by atoms with Gasteiger partial charge in [-0.25, -0.2) is 0 Å². The topological polar surface area (TPSA) is 53.2 Å². The molecule has 0 unspecified atom stereocenters. The number of benzene rings is 3. The molecule has 150 valence electrons. The molecule has 0 saturated heterocycles. The maximum Gasteiger partial charge on any atom is 0.258 e. The molecule has 0 saturated carbocycles. The SMILES string of the molecule is Cc1ccc(C)c(N(Cc2cc3ccccc3[nH]c2=O)C(=O)c2ccc(Cl)cc2)c1. The largest absolute Gasteiger partial charge is 0.322 e. The quantitative estimate of drug-likeness (QED) is 0.467. The maximum absolute atomic E-state index is 13.5. The second kappa shape index (κ2) is 8.17. The van der Waals surface area contributed by atoms with Crippen molar-refractivity contribution in [3.8, 4) is 0 Å². The second-order valence-electron chi connectivity index (χ2n) is 7.40. The van der Waals surface area contributed by atoms with Gasteiger partial charge in [0.2, 0.25) is 0 Å². The Kier molecular flexibility index (Phi) is 5.42. The molecular weight excluding hydrogens is 396 g/mol. The van der Waals surface area contributed by atoms with Gasteiger partial charge in [-0.3, -0.25) is 9.59 Å². The fourth-order valence-corrected chi connectivity index (χ4v) is 3.63. The number of carbonyl (C=O) groups is 1. The van der Waals surface area contributed by atoms with Crippen molar-refractivity contribution >= 4 is 34.1 Å². The number of para-hydroxylation sites is 1. The summed E-state index contributed by atoms with van der Waals surface area (Å²) in [6.45, 7) is 4.10. The van der Waals surface area contributed by atoms with Gasteiger partial charge in [-0.2, -0.15) is 0 Å². The summed E-state index contributed by atoms with van der Waals surface area (Å²) in [4.78, 5) is 30.8. The number of halogens is 1. The molecule has 30 heavy (non-hydrogen) atoms. The van der Waals surface area contributed by atoms with Crippen LogP contribution >= 0.6 is 11.6 Å². The Morgan fingerprint density at radius 3 is 2.47 bits per heavy atom. The molecule has 1 aromatic heterocycles. The highest BCUT2D eigenvalue weighted by Crippen LogP contribution is 2.26. The monoisotopic (exact) mass is 416 g/mol. The van der Waals surface area contributed by atoms with Crippen LogP contribution in [0.5, 0.6) is 0 Å². The van der Waals surface area contributed by atoms with E-state index in [2.05, 4.69) is 4.98 Å². The summed E-state index contributed by atoms with van der Waals surface area (Å²) in [5, 5.41) is 1.49. The minimum absolute atomic E-state index is 0.159. The number of aromatic amines is 1. The maximum atomic E-state index is 13.5. The lowest BCUT2D eigenvalue weighted by atomic mass is 10.1. The van der Waals surface area contributed by atoms with E-state index in [0.29, 0.717) is 16.1 Å². The van der Waals surface area contributed by atoms with Gasteiger partial charge in [-0.15, -0.1) is 0 Å². The first-order valence-corrected chi connectivity index (χ1v) is 10.1. The average molecular weight is 417 g/mol. The molecular formula is C25H21ClN2O2. The lowest BCUT2D eigenvalue weighted by Crippen LogP contribution is -2.33. The van der Waals surface area contributed by atoms with E-state index in [-0.39, 0.29) is 18.0 Å². The van der Waals surface area contributed by atoms with E-state index >= 15 is 0 Å². The number of carbonyl (C=O) groups excluding carboxylic acids is 1. The molecule has 1 N–H and O–H groups in total. The predicted molar refractivity (Wildman–Crippen MR) is 122 cm³/mol. The van der Waals surface area contributed by atoms with E-state index in [9.17, 15) is 9.59 Å².